The lowest BCUT2D eigenvalue weighted by atomic mass is 10.0. The third-order valence-electron chi connectivity index (χ3n) is 4.38. The Balaban J connectivity index is 1.77. The van der Waals surface area contributed by atoms with Crippen molar-refractivity contribution in [1.29, 1.82) is 0 Å². The van der Waals surface area contributed by atoms with Crippen molar-refractivity contribution < 1.29 is 9.53 Å². The Labute approximate surface area is 147 Å². The summed E-state index contributed by atoms with van der Waals surface area (Å²) in [6.45, 7) is 2.81. The predicted molar refractivity (Wildman–Crippen MR) is 95.1 cm³/mol. The molecule has 0 aliphatic carbocycles. The van der Waals surface area contributed by atoms with Crippen molar-refractivity contribution in [3.63, 3.8) is 0 Å². The van der Waals surface area contributed by atoms with Crippen LogP contribution in [0.4, 0.5) is 0 Å². The van der Waals surface area contributed by atoms with Gasteiger partial charge in [-0.05, 0) is 17.2 Å². The lowest BCUT2D eigenvalue weighted by Crippen LogP contribution is -2.46. The first-order valence-electron chi connectivity index (χ1n) is 8.45. The van der Waals surface area contributed by atoms with E-state index in [4.69, 9.17) is 4.74 Å². The highest BCUT2D eigenvalue weighted by Gasteiger charge is 2.26. The van der Waals surface area contributed by atoms with Gasteiger partial charge in [0.15, 0.2) is 0 Å². The molecule has 25 heavy (non-hydrogen) atoms. The normalized spacial score (nSPS) is 15.8. The zero-order valence-electron chi connectivity index (χ0n) is 14.4. The number of aromatic nitrogens is 1. The molecule has 6 nitrogen and oxygen atoms in total. The number of nitrogens with one attached hydrogen (secondary N) is 1. The van der Waals surface area contributed by atoms with E-state index in [0.717, 1.165) is 11.1 Å². The van der Waals surface area contributed by atoms with Crippen molar-refractivity contribution >= 4 is 5.91 Å². The molecule has 3 rings (SSSR count). The SMILES string of the molecule is Cn1ccc(CNC(C(=O)N2CCOCC2)c2ccccc2)cc1=O. The second-order valence-electron chi connectivity index (χ2n) is 6.15. The van der Waals surface area contributed by atoms with Gasteiger partial charge in [-0.3, -0.25) is 14.9 Å². The molecule has 1 fully saturated rings. The number of aryl methyl sites for hydroxylation is 1. The highest BCUT2D eigenvalue weighted by atomic mass is 16.5. The van der Waals surface area contributed by atoms with Crippen LogP contribution in [0.15, 0.2) is 53.5 Å². The van der Waals surface area contributed by atoms with Gasteiger partial charge in [0.05, 0.1) is 13.2 Å². The number of carbonyl (C=O) groups excluding carboxylic acids is 1. The molecule has 0 radical (unpaired) electrons. The molecular formula is C19H23N3O3. The summed E-state index contributed by atoms with van der Waals surface area (Å²) in [7, 11) is 1.72. The van der Waals surface area contributed by atoms with Gasteiger partial charge in [-0.1, -0.05) is 30.3 Å². The molecule has 1 N–H and O–H groups in total. The number of hydrogen-bond acceptors (Lipinski definition) is 4. The van der Waals surface area contributed by atoms with Gasteiger partial charge in [0.1, 0.15) is 6.04 Å². The minimum absolute atomic E-state index is 0.0401. The van der Waals surface area contributed by atoms with Crippen LogP contribution >= 0.6 is 0 Å². The predicted octanol–water partition coefficient (Wildman–Crippen LogP) is 1.07. The average Bonchev–Trinajstić information content (AvgIpc) is 2.66. The standard InChI is InChI=1S/C19H23N3O3/c1-21-8-7-15(13-17(21)23)14-20-18(16-5-3-2-4-6-16)19(24)22-9-11-25-12-10-22/h2-8,13,18,20H,9-12,14H2,1H3. The maximum atomic E-state index is 13.0. The molecule has 2 aromatic rings. The minimum atomic E-state index is -0.441. The van der Waals surface area contributed by atoms with Crippen molar-refractivity contribution in [3.8, 4) is 0 Å². The molecule has 1 aromatic carbocycles. The maximum absolute atomic E-state index is 13.0. The lowest BCUT2D eigenvalue weighted by Gasteiger charge is -2.31. The average molecular weight is 341 g/mol. The molecular weight excluding hydrogens is 318 g/mol. The summed E-state index contributed by atoms with van der Waals surface area (Å²) in [5, 5.41) is 3.32. The number of amides is 1. The van der Waals surface area contributed by atoms with E-state index in [1.165, 1.54) is 4.57 Å². The largest absolute Gasteiger partial charge is 0.378 e. The van der Waals surface area contributed by atoms with Gasteiger partial charge in [-0.15, -0.1) is 0 Å². The molecule has 1 atom stereocenters. The van der Waals surface area contributed by atoms with Crippen LogP contribution in [0.2, 0.25) is 0 Å². The summed E-state index contributed by atoms with van der Waals surface area (Å²) in [5.41, 5.74) is 1.72. The van der Waals surface area contributed by atoms with Gasteiger partial charge in [0.2, 0.25) is 5.91 Å². The fraction of sp³-hybridized carbons (Fsp3) is 0.368. The van der Waals surface area contributed by atoms with Crippen molar-refractivity contribution in [2.24, 2.45) is 7.05 Å². The van der Waals surface area contributed by atoms with Crippen LogP contribution < -0.4 is 10.9 Å². The Hall–Kier alpha value is -2.44. The molecule has 1 aliphatic heterocycles. The number of benzene rings is 1. The van der Waals surface area contributed by atoms with Crippen molar-refractivity contribution in [2.45, 2.75) is 12.6 Å². The van der Waals surface area contributed by atoms with E-state index in [-0.39, 0.29) is 11.5 Å². The number of pyridine rings is 1. The van der Waals surface area contributed by atoms with Gasteiger partial charge in [-0.25, -0.2) is 0 Å². The summed E-state index contributed by atoms with van der Waals surface area (Å²) in [5.74, 6) is 0.0401. The zero-order valence-corrected chi connectivity index (χ0v) is 14.4. The Morgan fingerprint density at radius 1 is 1.20 bits per heavy atom. The van der Waals surface area contributed by atoms with E-state index in [2.05, 4.69) is 5.32 Å². The van der Waals surface area contributed by atoms with E-state index in [9.17, 15) is 9.59 Å². The quantitative estimate of drug-likeness (QED) is 0.884. The van der Waals surface area contributed by atoms with Gasteiger partial charge >= 0.3 is 0 Å². The Kier molecular flexibility index (Phi) is 5.63. The van der Waals surface area contributed by atoms with Gasteiger partial charge in [0, 0.05) is 38.9 Å². The monoisotopic (exact) mass is 341 g/mol. The molecule has 6 heteroatoms. The summed E-state index contributed by atoms with van der Waals surface area (Å²) in [6, 6.07) is 12.7. The summed E-state index contributed by atoms with van der Waals surface area (Å²) in [4.78, 5) is 26.6. The highest BCUT2D eigenvalue weighted by molar-refractivity contribution is 5.83. The molecule has 0 saturated carbocycles. The number of nitrogens with zero attached hydrogens (tertiary/aromatic N) is 2. The van der Waals surface area contributed by atoms with Crippen LogP contribution in [0.1, 0.15) is 17.2 Å². The van der Waals surface area contributed by atoms with Gasteiger partial charge < -0.3 is 14.2 Å². The van der Waals surface area contributed by atoms with Gasteiger partial charge in [-0.2, -0.15) is 0 Å². The van der Waals surface area contributed by atoms with Crippen LogP contribution in [-0.4, -0.2) is 41.7 Å². The smallest absolute Gasteiger partial charge is 0.250 e. The van der Waals surface area contributed by atoms with Crippen LogP contribution in [0.3, 0.4) is 0 Å². The minimum Gasteiger partial charge on any atom is -0.378 e. The second kappa shape index (κ2) is 8.09. The molecule has 1 unspecified atom stereocenters. The molecule has 1 amide bonds. The molecule has 1 saturated heterocycles. The van der Waals surface area contributed by atoms with Crippen molar-refractivity contribution in [2.75, 3.05) is 26.3 Å². The molecule has 1 aromatic heterocycles. The van der Waals surface area contributed by atoms with E-state index < -0.39 is 6.04 Å². The van der Waals surface area contributed by atoms with Crippen LogP contribution in [0.5, 0.6) is 0 Å². The van der Waals surface area contributed by atoms with E-state index in [1.807, 2.05) is 41.3 Å². The Morgan fingerprint density at radius 2 is 1.92 bits per heavy atom. The lowest BCUT2D eigenvalue weighted by molar-refractivity contribution is -0.137. The third-order valence-corrected chi connectivity index (χ3v) is 4.38. The molecule has 132 valence electrons. The van der Waals surface area contributed by atoms with E-state index >= 15 is 0 Å². The topological polar surface area (TPSA) is 63.6 Å². The first kappa shape index (κ1) is 17.4. The first-order chi connectivity index (χ1) is 12.1. The second-order valence-corrected chi connectivity index (χ2v) is 6.15. The summed E-state index contributed by atoms with van der Waals surface area (Å²) < 4.78 is 6.86. The first-order valence-corrected chi connectivity index (χ1v) is 8.45. The Bertz CT molecular complexity index is 767. The molecule has 2 heterocycles. The van der Waals surface area contributed by atoms with Crippen molar-refractivity contribution in [3.05, 3.63) is 70.1 Å². The van der Waals surface area contributed by atoms with Crippen LogP contribution in [-0.2, 0) is 23.1 Å². The number of morpholine rings is 1. The maximum Gasteiger partial charge on any atom is 0.250 e. The third kappa shape index (κ3) is 4.35. The number of rotatable bonds is 5. The summed E-state index contributed by atoms with van der Waals surface area (Å²) >= 11 is 0. The molecule has 1 aliphatic rings. The Morgan fingerprint density at radius 3 is 2.60 bits per heavy atom. The van der Waals surface area contributed by atoms with Crippen LogP contribution in [0, 0.1) is 0 Å². The number of carbonyl (C=O) groups is 1. The van der Waals surface area contributed by atoms with E-state index in [0.29, 0.717) is 32.8 Å². The van der Waals surface area contributed by atoms with Crippen molar-refractivity contribution in [1.82, 2.24) is 14.8 Å². The summed E-state index contributed by atoms with van der Waals surface area (Å²) in [6.07, 6.45) is 1.74. The highest BCUT2D eigenvalue weighted by Crippen LogP contribution is 2.17. The molecule has 0 bridgehead atoms. The van der Waals surface area contributed by atoms with Crippen LogP contribution in [0.25, 0.3) is 0 Å². The number of hydrogen-bond donors (Lipinski definition) is 1. The fourth-order valence-corrected chi connectivity index (χ4v) is 2.88. The fourth-order valence-electron chi connectivity index (χ4n) is 2.88. The van der Waals surface area contributed by atoms with Gasteiger partial charge in [0.25, 0.3) is 5.56 Å². The zero-order chi connectivity index (χ0) is 17.6. The number of ether oxygens (including phenoxy) is 1. The van der Waals surface area contributed by atoms with E-state index in [1.54, 1.807) is 19.3 Å². The molecule has 0 spiro atoms.